The zero-order valence-electron chi connectivity index (χ0n) is 7.91. The molecule has 1 atom stereocenters. The zero-order chi connectivity index (χ0) is 9.97. The Balaban J connectivity index is 2.20. The first-order chi connectivity index (χ1) is 6.75. The largest absolute Gasteiger partial charge is 0.389 e. The molecule has 1 saturated carbocycles. The van der Waals surface area contributed by atoms with Crippen molar-refractivity contribution in [1.82, 2.24) is 0 Å². The number of hydrogen-bond donors (Lipinski definition) is 1. The van der Waals surface area contributed by atoms with Gasteiger partial charge in [-0.2, -0.15) is 0 Å². The molecule has 0 spiro atoms. The Morgan fingerprint density at radius 3 is 2.57 bits per heavy atom. The Morgan fingerprint density at radius 1 is 1.29 bits per heavy atom. The molecule has 0 radical (unpaired) electrons. The van der Waals surface area contributed by atoms with Gasteiger partial charge in [-0.05, 0) is 42.5 Å². The van der Waals surface area contributed by atoms with Crippen molar-refractivity contribution in [2.75, 3.05) is 0 Å². The van der Waals surface area contributed by atoms with Gasteiger partial charge < -0.3 is 5.11 Å². The van der Waals surface area contributed by atoms with E-state index in [0.29, 0.717) is 0 Å². The van der Waals surface area contributed by atoms with Gasteiger partial charge in [0.2, 0.25) is 0 Å². The van der Waals surface area contributed by atoms with E-state index >= 15 is 0 Å². The number of benzene rings is 1. The van der Waals surface area contributed by atoms with Crippen LogP contribution >= 0.6 is 15.9 Å². The lowest BCUT2D eigenvalue weighted by molar-refractivity contribution is 0.219. The van der Waals surface area contributed by atoms with E-state index < -0.39 is 0 Å². The predicted molar refractivity (Wildman–Crippen MR) is 62.0 cm³/mol. The Hall–Kier alpha value is -0.600. The van der Waals surface area contributed by atoms with E-state index in [9.17, 15) is 5.11 Å². The minimum Gasteiger partial charge on any atom is -0.389 e. The van der Waals surface area contributed by atoms with E-state index in [2.05, 4.69) is 34.1 Å². The molecule has 14 heavy (non-hydrogen) atoms. The van der Waals surface area contributed by atoms with Crippen LogP contribution in [-0.2, 0) is 0 Å². The van der Waals surface area contributed by atoms with Gasteiger partial charge in [-0.25, -0.2) is 0 Å². The Labute approximate surface area is 92.6 Å². The molecule has 1 fully saturated rings. The lowest BCUT2D eigenvalue weighted by atomic mass is 10.1. The maximum Gasteiger partial charge on any atom is 0.0753 e. The number of halogens is 1. The van der Waals surface area contributed by atoms with Crippen LogP contribution in [0.2, 0.25) is 0 Å². The zero-order valence-corrected chi connectivity index (χ0v) is 9.50. The Morgan fingerprint density at radius 2 is 2.00 bits per heavy atom. The van der Waals surface area contributed by atoms with Gasteiger partial charge in [-0.3, -0.25) is 0 Å². The highest BCUT2D eigenvalue weighted by Crippen LogP contribution is 2.26. The van der Waals surface area contributed by atoms with Gasteiger partial charge >= 0.3 is 0 Å². The smallest absolute Gasteiger partial charge is 0.0753 e. The first kappa shape index (κ1) is 9.94. The molecule has 1 aliphatic carbocycles. The predicted octanol–water partition coefficient (Wildman–Crippen LogP) is 3.38. The average Bonchev–Trinajstić information content (AvgIpc) is 2.56. The highest BCUT2D eigenvalue weighted by atomic mass is 79.9. The summed E-state index contributed by atoms with van der Waals surface area (Å²) in [5.41, 5.74) is 2.34. The SMILES string of the molecule is O[C@H]1CCCC1=Cc1ccc(Br)cc1. The van der Waals surface area contributed by atoms with Crippen LogP contribution in [0.1, 0.15) is 24.8 Å². The van der Waals surface area contributed by atoms with Crippen molar-refractivity contribution < 1.29 is 5.11 Å². The molecule has 0 heterocycles. The summed E-state index contributed by atoms with van der Waals surface area (Å²) in [5, 5.41) is 9.63. The quantitative estimate of drug-likeness (QED) is 0.813. The molecule has 1 nitrogen and oxygen atoms in total. The third-order valence-electron chi connectivity index (χ3n) is 2.59. The minimum absolute atomic E-state index is 0.210. The Kier molecular flexibility index (Phi) is 3.04. The summed E-state index contributed by atoms with van der Waals surface area (Å²) in [5.74, 6) is 0. The second-order valence-corrected chi connectivity index (χ2v) is 4.59. The van der Waals surface area contributed by atoms with E-state index in [1.54, 1.807) is 0 Å². The van der Waals surface area contributed by atoms with Crippen LogP contribution in [0.5, 0.6) is 0 Å². The minimum atomic E-state index is -0.210. The monoisotopic (exact) mass is 252 g/mol. The molecule has 0 bridgehead atoms. The van der Waals surface area contributed by atoms with Gasteiger partial charge in [-0.15, -0.1) is 0 Å². The van der Waals surface area contributed by atoms with Gasteiger partial charge in [0, 0.05) is 4.47 Å². The summed E-state index contributed by atoms with van der Waals surface area (Å²) in [7, 11) is 0. The van der Waals surface area contributed by atoms with Gasteiger partial charge in [-0.1, -0.05) is 34.1 Å². The summed E-state index contributed by atoms with van der Waals surface area (Å²) in [6.07, 6.45) is 4.96. The third kappa shape index (κ3) is 2.25. The second-order valence-electron chi connectivity index (χ2n) is 3.68. The average molecular weight is 253 g/mol. The second kappa shape index (κ2) is 4.28. The highest BCUT2D eigenvalue weighted by molar-refractivity contribution is 9.10. The lowest BCUT2D eigenvalue weighted by Crippen LogP contribution is -2.00. The maximum atomic E-state index is 9.63. The third-order valence-corrected chi connectivity index (χ3v) is 3.12. The Bertz CT molecular complexity index is 340. The summed E-state index contributed by atoms with van der Waals surface area (Å²) in [6.45, 7) is 0. The molecule has 0 saturated heterocycles. The molecular weight excluding hydrogens is 240 g/mol. The van der Waals surface area contributed by atoms with Crippen LogP contribution < -0.4 is 0 Å². The van der Waals surface area contributed by atoms with Gasteiger partial charge in [0.05, 0.1) is 6.10 Å². The van der Waals surface area contributed by atoms with Crippen LogP contribution in [-0.4, -0.2) is 11.2 Å². The highest BCUT2D eigenvalue weighted by Gasteiger charge is 2.17. The van der Waals surface area contributed by atoms with Crippen LogP contribution in [0.3, 0.4) is 0 Å². The van der Waals surface area contributed by atoms with Crippen molar-refractivity contribution in [2.24, 2.45) is 0 Å². The van der Waals surface area contributed by atoms with E-state index in [4.69, 9.17) is 0 Å². The van der Waals surface area contributed by atoms with Crippen LogP contribution in [0.4, 0.5) is 0 Å². The molecule has 0 aliphatic heterocycles. The van der Waals surface area contributed by atoms with E-state index in [1.165, 1.54) is 11.1 Å². The first-order valence-electron chi connectivity index (χ1n) is 4.90. The molecule has 1 aromatic rings. The maximum absolute atomic E-state index is 9.63. The molecule has 2 heteroatoms. The van der Waals surface area contributed by atoms with E-state index in [1.807, 2.05) is 12.1 Å². The van der Waals surface area contributed by atoms with E-state index in [-0.39, 0.29) is 6.10 Å². The lowest BCUT2D eigenvalue weighted by Gasteiger charge is -2.03. The fourth-order valence-electron chi connectivity index (χ4n) is 1.79. The van der Waals surface area contributed by atoms with Crippen molar-refractivity contribution >= 4 is 22.0 Å². The van der Waals surface area contributed by atoms with E-state index in [0.717, 1.165) is 23.7 Å². The molecule has 0 aromatic heterocycles. The fraction of sp³-hybridized carbons (Fsp3) is 0.333. The molecule has 74 valence electrons. The molecule has 0 unspecified atom stereocenters. The summed E-state index contributed by atoms with van der Waals surface area (Å²) >= 11 is 3.40. The summed E-state index contributed by atoms with van der Waals surface area (Å²) in [6, 6.07) is 8.16. The van der Waals surface area contributed by atoms with Crippen LogP contribution in [0.15, 0.2) is 34.3 Å². The molecule has 1 aliphatic rings. The van der Waals surface area contributed by atoms with Gasteiger partial charge in [0.1, 0.15) is 0 Å². The number of aliphatic hydroxyl groups excluding tert-OH is 1. The number of hydrogen-bond acceptors (Lipinski definition) is 1. The van der Waals surface area contributed by atoms with Crippen molar-refractivity contribution in [3.8, 4) is 0 Å². The number of aliphatic hydroxyl groups is 1. The fourth-order valence-corrected chi connectivity index (χ4v) is 2.06. The topological polar surface area (TPSA) is 20.2 Å². The first-order valence-corrected chi connectivity index (χ1v) is 5.69. The van der Waals surface area contributed by atoms with Crippen LogP contribution in [0.25, 0.3) is 6.08 Å². The number of rotatable bonds is 1. The van der Waals surface area contributed by atoms with Crippen molar-refractivity contribution in [1.29, 1.82) is 0 Å². The summed E-state index contributed by atoms with van der Waals surface area (Å²) < 4.78 is 1.09. The molecule has 1 aromatic carbocycles. The summed E-state index contributed by atoms with van der Waals surface area (Å²) in [4.78, 5) is 0. The van der Waals surface area contributed by atoms with Crippen LogP contribution in [0, 0.1) is 0 Å². The molecule has 2 rings (SSSR count). The van der Waals surface area contributed by atoms with Gasteiger partial charge in [0.15, 0.2) is 0 Å². The van der Waals surface area contributed by atoms with Crippen molar-refractivity contribution in [3.63, 3.8) is 0 Å². The van der Waals surface area contributed by atoms with Crippen molar-refractivity contribution in [2.45, 2.75) is 25.4 Å². The standard InChI is InChI=1S/C12H13BrO/c13-11-6-4-9(5-7-11)8-10-2-1-3-12(10)14/h4-8,12,14H,1-3H2/t12-/m0/s1. The molecule has 0 amide bonds. The molecule has 1 N–H and O–H groups in total. The normalized spacial score (nSPS) is 24.4. The van der Waals surface area contributed by atoms with Crippen molar-refractivity contribution in [3.05, 3.63) is 39.9 Å². The van der Waals surface area contributed by atoms with Gasteiger partial charge in [0.25, 0.3) is 0 Å². The molecular formula is C12H13BrO.